The molecule has 3 aromatic rings. The second kappa shape index (κ2) is 12.4. The molecule has 2 fully saturated rings. The first kappa shape index (κ1) is 27.5. The summed E-state index contributed by atoms with van der Waals surface area (Å²) in [4.78, 5) is 32.4. The second-order valence-electron chi connectivity index (χ2n) is 10.0. The van der Waals surface area contributed by atoms with E-state index in [0.29, 0.717) is 33.7 Å². The number of methoxy groups -OCH3 is 1. The Labute approximate surface area is 239 Å². The van der Waals surface area contributed by atoms with Crippen molar-refractivity contribution < 1.29 is 19.1 Å². The molecule has 2 aliphatic rings. The fourth-order valence-corrected chi connectivity index (χ4v) is 5.58. The highest BCUT2D eigenvalue weighted by atomic mass is 32.2. The summed E-state index contributed by atoms with van der Waals surface area (Å²) in [5, 5.41) is 3.40. The molecular weight excluding hydrogens is 522 g/mol. The average molecular weight is 556 g/mol. The summed E-state index contributed by atoms with van der Waals surface area (Å²) < 4.78 is 11.6. The largest absolute Gasteiger partial charge is 0.493 e. The zero-order valence-corrected chi connectivity index (χ0v) is 23.8. The Morgan fingerprint density at radius 2 is 1.77 bits per heavy atom. The van der Waals surface area contributed by atoms with Crippen molar-refractivity contribution in [1.29, 1.82) is 0 Å². The molecule has 0 saturated carbocycles. The van der Waals surface area contributed by atoms with Crippen molar-refractivity contribution in [2.45, 2.75) is 39.7 Å². The van der Waals surface area contributed by atoms with Crippen LogP contribution in [-0.4, -0.2) is 42.1 Å². The van der Waals surface area contributed by atoms with Crippen LogP contribution in [0.25, 0.3) is 6.08 Å². The number of amides is 2. The van der Waals surface area contributed by atoms with Gasteiger partial charge in [0, 0.05) is 18.7 Å². The van der Waals surface area contributed by atoms with Gasteiger partial charge in [0.2, 0.25) is 0 Å². The van der Waals surface area contributed by atoms with E-state index < -0.39 is 0 Å². The number of ether oxygens (including phenoxy) is 2. The Morgan fingerprint density at radius 1 is 1.00 bits per heavy atom. The number of carbonyl (C=O) groups excluding carboxylic acids is 2. The Hall–Kier alpha value is -4.04. The minimum absolute atomic E-state index is 0.0938. The monoisotopic (exact) mass is 555 g/mol. The first-order chi connectivity index (χ1) is 19.4. The van der Waals surface area contributed by atoms with Gasteiger partial charge in [0.15, 0.2) is 16.7 Å². The topological polar surface area (TPSA) is 80.2 Å². The van der Waals surface area contributed by atoms with Crippen molar-refractivity contribution in [3.8, 4) is 11.5 Å². The van der Waals surface area contributed by atoms with Gasteiger partial charge in [0.25, 0.3) is 11.8 Å². The van der Waals surface area contributed by atoms with E-state index in [1.807, 2.05) is 79.4 Å². The fraction of sp³-hybridized carbons (Fsp3) is 0.281. The van der Waals surface area contributed by atoms with Gasteiger partial charge < -0.3 is 19.7 Å². The first-order valence-corrected chi connectivity index (χ1v) is 14.3. The first-order valence-electron chi connectivity index (χ1n) is 13.5. The van der Waals surface area contributed by atoms with Gasteiger partial charge in [-0.25, -0.2) is 4.99 Å². The molecule has 8 heteroatoms. The van der Waals surface area contributed by atoms with Gasteiger partial charge in [-0.05, 0) is 98.0 Å². The third-order valence-corrected chi connectivity index (χ3v) is 7.86. The number of thioether (sulfide) groups is 1. The van der Waals surface area contributed by atoms with Crippen LogP contribution in [0.3, 0.4) is 0 Å². The SMILES string of the molecule is COc1cc(/C=C2\SC(=Nc3ccc(C)cc3C)NC2=O)ccc1OCc1ccc(C(=O)N2CCCCC2)cc1. The fourth-order valence-electron chi connectivity index (χ4n) is 4.75. The van der Waals surface area contributed by atoms with E-state index >= 15 is 0 Å². The number of piperidine rings is 1. The molecule has 2 saturated heterocycles. The zero-order valence-electron chi connectivity index (χ0n) is 23.0. The Kier molecular flexibility index (Phi) is 8.55. The lowest BCUT2D eigenvalue weighted by Gasteiger charge is -2.26. The van der Waals surface area contributed by atoms with E-state index in [1.165, 1.54) is 23.7 Å². The number of nitrogens with one attached hydrogen (secondary N) is 1. The summed E-state index contributed by atoms with van der Waals surface area (Å²) >= 11 is 1.31. The number of hydrogen-bond acceptors (Lipinski definition) is 6. The normalized spacial score (nSPS) is 17.3. The van der Waals surface area contributed by atoms with Crippen LogP contribution < -0.4 is 14.8 Å². The molecule has 0 aliphatic carbocycles. The molecule has 0 bridgehead atoms. The highest BCUT2D eigenvalue weighted by Gasteiger charge is 2.24. The van der Waals surface area contributed by atoms with Crippen LogP contribution >= 0.6 is 11.8 Å². The summed E-state index contributed by atoms with van der Waals surface area (Å²) in [6.45, 7) is 6.06. The predicted octanol–water partition coefficient (Wildman–Crippen LogP) is 6.41. The molecule has 0 aromatic heterocycles. The minimum atomic E-state index is -0.185. The average Bonchev–Trinajstić information content (AvgIpc) is 3.32. The van der Waals surface area contributed by atoms with E-state index in [1.54, 1.807) is 7.11 Å². The molecule has 0 spiro atoms. The molecule has 2 amide bonds. The minimum Gasteiger partial charge on any atom is -0.493 e. The lowest BCUT2D eigenvalue weighted by atomic mass is 10.1. The summed E-state index contributed by atoms with van der Waals surface area (Å²) in [6.07, 6.45) is 5.16. The van der Waals surface area contributed by atoms with E-state index in [9.17, 15) is 9.59 Å². The third-order valence-electron chi connectivity index (χ3n) is 6.95. The van der Waals surface area contributed by atoms with Crippen molar-refractivity contribution in [3.63, 3.8) is 0 Å². The van der Waals surface area contributed by atoms with Crippen LogP contribution in [0.15, 0.2) is 70.6 Å². The Morgan fingerprint density at radius 3 is 2.50 bits per heavy atom. The van der Waals surface area contributed by atoms with Crippen LogP contribution in [0.2, 0.25) is 0 Å². The van der Waals surface area contributed by atoms with Crippen molar-refractivity contribution in [2.75, 3.05) is 20.2 Å². The number of nitrogens with zero attached hydrogens (tertiary/aromatic N) is 2. The molecule has 3 aromatic carbocycles. The standard InChI is InChI=1S/C32H33N3O4S/c1-21-7-13-26(22(2)17-21)33-32-34-30(36)29(40-32)19-24-10-14-27(28(18-24)38-3)39-20-23-8-11-25(12-9-23)31(37)35-15-5-4-6-16-35/h7-14,17-19H,4-6,15-16,20H2,1-3H3,(H,33,34,36)/b29-19-. The van der Waals surface area contributed by atoms with Crippen molar-refractivity contribution in [3.05, 3.63) is 93.4 Å². The molecule has 0 atom stereocenters. The summed E-state index contributed by atoms with van der Waals surface area (Å²) in [6, 6.07) is 19.2. The van der Waals surface area contributed by atoms with Crippen LogP contribution in [0.1, 0.15) is 51.9 Å². The molecule has 206 valence electrons. The lowest BCUT2D eigenvalue weighted by molar-refractivity contribution is -0.115. The van der Waals surface area contributed by atoms with Crippen LogP contribution in [0.5, 0.6) is 11.5 Å². The number of carbonyl (C=O) groups is 2. The van der Waals surface area contributed by atoms with Crippen LogP contribution in [-0.2, 0) is 11.4 Å². The number of benzene rings is 3. The number of aryl methyl sites for hydroxylation is 2. The number of aliphatic imine (C=N–C) groups is 1. The summed E-state index contributed by atoms with van der Waals surface area (Å²) in [5.41, 5.74) is 5.54. The summed E-state index contributed by atoms with van der Waals surface area (Å²) in [7, 11) is 1.59. The highest BCUT2D eigenvalue weighted by Crippen LogP contribution is 2.33. The Balaban J connectivity index is 1.23. The maximum Gasteiger partial charge on any atom is 0.264 e. The maximum absolute atomic E-state index is 12.7. The molecular formula is C32H33N3O4S. The molecule has 40 heavy (non-hydrogen) atoms. The van der Waals surface area contributed by atoms with Crippen molar-refractivity contribution in [1.82, 2.24) is 10.2 Å². The maximum atomic E-state index is 12.7. The highest BCUT2D eigenvalue weighted by molar-refractivity contribution is 8.18. The molecule has 0 radical (unpaired) electrons. The molecule has 2 aliphatic heterocycles. The molecule has 2 heterocycles. The van der Waals surface area contributed by atoms with Gasteiger partial charge in [-0.15, -0.1) is 0 Å². The van der Waals surface area contributed by atoms with Crippen LogP contribution in [0, 0.1) is 13.8 Å². The lowest BCUT2D eigenvalue weighted by Crippen LogP contribution is -2.35. The third kappa shape index (κ3) is 6.57. The number of hydrogen-bond donors (Lipinski definition) is 1. The van der Waals surface area contributed by atoms with Gasteiger partial charge in [0.1, 0.15) is 6.61 Å². The van der Waals surface area contributed by atoms with Gasteiger partial charge >= 0.3 is 0 Å². The van der Waals surface area contributed by atoms with Gasteiger partial charge in [-0.2, -0.15) is 0 Å². The molecule has 1 N–H and O–H groups in total. The van der Waals surface area contributed by atoms with Gasteiger partial charge in [0.05, 0.1) is 17.7 Å². The second-order valence-corrected chi connectivity index (χ2v) is 11.1. The summed E-state index contributed by atoms with van der Waals surface area (Å²) in [5.74, 6) is 1.07. The zero-order chi connectivity index (χ0) is 28.1. The quantitative estimate of drug-likeness (QED) is 0.341. The van der Waals surface area contributed by atoms with Gasteiger partial charge in [-0.1, -0.05) is 35.9 Å². The molecule has 0 unspecified atom stereocenters. The van der Waals surface area contributed by atoms with Crippen molar-refractivity contribution >= 4 is 40.5 Å². The predicted molar refractivity (Wildman–Crippen MR) is 160 cm³/mol. The molecule has 7 nitrogen and oxygen atoms in total. The van der Waals surface area contributed by atoms with E-state index in [2.05, 4.69) is 16.4 Å². The number of likely N-dealkylation sites (tertiary alicyclic amines) is 1. The molecule has 5 rings (SSSR count). The Bertz CT molecular complexity index is 1470. The van der Waals surface area contributed by atoms with Gasteiger partial charge in [-0.3, -0.25) is 9.59 Å². The van der Waals surface area contributed by atoms with E-state index in [-0.39, 0.29) is 11.8 Å². The smallest absolute Gasteiger partial charge is 0.264 e. The van der Waals surface area contributed by atoms with E-state index in [4.69, 9.17) is 9.47 Å². The number of rotatable bonds is 7. The van der Waals surface area contributed by atoms with E-state index in [0.717, 1.165) is 48.3 Å². The number of amidine groups is 1. The van der Waals surface area contributed by atoms with Crippen molar-refractivity contribution in [2.24, 2.45) is 4.99 Å². The van der Waals surface area contributed by atoms with Crippen LogP contribution in [0.4, 0.5) is 5.69 Å².